The molecule has 2 aromatic carbocycles. The summed E-state index contributed by atoms with van der Waals surface area (Å²) < 4.78 is 13.2. The van der Waals surface area contributed by atoms with Gasteiger partial charge in [0, 0.05) is 36.4 Å². The first-order chi connectivity index (χ1) is 19.7. The minimum atomic E-state index is -2.07. The summed E-state index contributed by atoms with van der Waals surface area (Å²) in [5.74, 6) is -1.70. The van der Waals surface area contributed by atoms with Crippen LogP contribution < -0.4 is 9.47 Å². The van der Waals surface area contributed by atoms with E-state index in [1.54, 1.807) is 18.2 Å². The third kappa shape index (κ3) is 4.39. The van der Waals surface area contributed by atoms with Gasteiger partial charge in [-0.2, -0.15) is 0 Å². The molecule has 1 fully saturated rings. The van der Waals surface area contributed by atoms with E-state index in [4.69, 9.17) is 9.47 Å². The number of aromatic nitrogens is 1. The molecule has 1 amide bonds. The van der Waals surface area contributed by atoms with Crippen molar-refractivity contribution in [3.05, 3.63) is 113 Å². The summed E-state index contributed by atoms with van der Waals surface area (Å²) in [5, 5.41) is 25.1. The van der Waals surface area contributed by atoms with Gasteiger partial charge in [-0.3, -0.25) is 14.8 Å². The van der Waals surface area contributed by atoms with Crippen LogP contribution in [-0.4, -0.2) is 59.0 Å². The SMILES string of the molecule is C=CN=C/C(=C\C)CN(C)C(=O)[C@H]1[C@@H](O)[C@@]2(O)c3c(OC)cncc3O[C@@]2(c2ccc(Br)cc2)[C@@H]1c1ccccc1. The van der Waals surface area contributed by atoms with E-state index in [9.17, 15) is 15.0 Å². The fraction of sp³-hybridized carbons (Fsp3) is 0.281. The zero-order valence-corrected chi connectivity index (χ0v) is 24.7. The Kier molecular flexibility index (Phi) is 7.87. The third-order valence-electron chi connectivity index (χ3n) is 8.11. The van der Waals surface area contributed by atoms with Gasteiger partial charge in [-0.1, -0.05) is 71.0 Å². The van der Waals surface area contributed by atoms with Crippen LogP contribution in [0.5, 0.6) is 11.5 Å². The van der Waals surface area contributed by atoms with Crippen LogP contribution >= 0.6 is 15.9 Å². The van der Waals surface area contributed by atoms with Crippen molar-refractivity contribution >= 4 is 28.1 Å². The maximum absolute atomic E-state index is 14.4. The van der Waals surface area contributed by atoms with Crippen LogP contribution in [0, 0.1) is 5.92 Å². The number of methoxy groups -OCH3 is 1. The lowest BCUT2D eigenvalue weighted by atomic mass is 9.70. The zero-order valence-electron chi connectivity index (χ0n) is 23.1. The van der Waals surface area contributed by atoms with Gasteiger partial charge in [0.05, 0.1) is 31.0 Å². The molecule has 0 bridgehead atoms. The van der Waals surface area contributed by atoms with E-state index < -0.39 is 29.1 Å². The van der Waals surface area contributed by atoms with Crippen LogP contribution in [0.1, 0.15) is 29.5 Å². The number of aliphatic hydroxyl groups excluding tert-OH is 1. The van der Waals surface area contributed by atoms with Crippen LogP contribution in [0.3, 0.4) is 0 Å². The zero-order chi connectivity index (χ0) is 29.4. The van der Waals surface area contributed by atoms with Gasteiger partial charge in [-0.25, -0.2) is 0 Å². The highest BCUT2D eigenvalue weighted by molar-refractivity contribution is 9.10. The van der Waals surface area contributed by atoms with Gasteiger partial charge in [0.25, 0.3) is 0 Å². The fourth-order valence-electron chi connectivity index (χ4n) is 6.33. The molecule has 3 aromatic rings. The Balaban J connectivity index is 1.75. The topological polar surface area (TPSA) is 104 Å². The van der Waals surface area contributed by atoms with Crippen LogP contribution in [0.15, 0.2) is 101 Å². The molecule has 0 radical (unpaired) electrons. The quantitative estimate of drug-likeness (QED) is 0.354. The summed E-state index contributed by atoms with van der Waals surface area (Å²) in [6, 6.07) is 16.8. The third-order valence-corrected chi connectivity index (χ3v) is 8.64. The summed E-state index contributed by atoms with van der Waals surface area (Å²) >= 11 is 3.50. The molecule has 41 heavy (non-hydrogen) atoms. The Hall–Kier alpha value is -3.79. The second-order valence-electron chi connectivity index (χ2n) is 10.2. The van der Waals surface area contributed by atoms with Crippen molar-refractivity contribution in [3.63, 3.8) is 0 Å². The molecule has 0 unspecified atom stereocenters. The monoisotopic (exact) mass is 617 g/mol. The average molecular weight is 619 g/mol. The Morgan fingerprint density at radius 2 is 1.93 bits per heavy atom. The molecule has 1 saturated carbocycles. The first-order valence-electron chi connectivity index (χ1n) is 13.2. The molecule has 1 aromatic heterocycles. The maximum atomic E-state index is 14.4. The molecule has 2 heterocycles. The van der Waals surface area contributed by atoms with E-state index in [1.165, 1.54) is 25.7 Å². The van der Waals surface area contributed by atoms with Crippen molar-refractivity contribution in [2.45, 2.75) is 30.1 Å². The van der Waals surface area contributed by atoms with Gasteiger partial charge >= 0.3 is 0 Å². The Morgan fingerprint density at radius 3 is 2.56 bits per heavy atom. The van der Waals surface area contributed by atoms with Crippen molar-refractivity contribution in [2.24, 2.45) is 10.9 Å². The van der Waals surface area contributed by atoms with Crippen LogP contribution in [0.4, 0.5) is 0 Å². The Bertz CT molecular complexity index is 1510. The molecule has 8 nitrogen and oxygen atoms in total. The average Bonchev–Trinajstić information content (AvgIpc) is 3.37. The summed E-state index contributed by atoms with van der Waals surface area (Å²) in [6.07, 6.45) is 6.33. The number of carbonyl (C=O) groups is 1. The van der Waals surface area contributed by atoms with Crippen molar-refractivity contribution in [1.82, 2.24) is 9.88 Å². The van der Waals surface area contributed by atoms with Gasteiger partial charge in [-0.15, -0.1) is 0 Å². The summed E-state index contributed by atoms with van der Waals surface area (Å²) in [7, 11) is 3.14. The smallest absolute Gasteiger partial charge is 0.229 e. The predicted molar refractivity (Wildman–Crippen MR) is 160 cm³/mol. The summed E-state index contributed by atoms with van der Waals surface area (Å²) in [5.41, 5.74) is -1.28. The molecular weight excluding hydrogens is 586 g/mol. The summed E-state index contributed by atoms with van der Waals surface area (Å²) in [6.45, 7) is 5.72. The van der Waals surface area contributed by atoms with E-state index in [0.717, 1.165) is 15.6 Å². The van der Waals surface area contributed by atoms with Crippen molar-refractivity contribution in [3.8, 4) is 11.5 Å². The summed E-state index contributed by atoms with van der Waals surface area (Å²) in [4.78, 5) is 24.3. The first-order valence-corrected chi connectivity index (χ1v) is 14.0. The van der Waals surface area contributed by atoms with Gasteiger partial charge in [0.2, 0.25) is 5.91 Å². The van der Waals surface area contributed by atoms with Gasteiger partial charge in [0.1, 0.15) is 17.6 Å². The normalized spacial score (nSPS) is 26.8. The first kappa shape index (κ1) is 28.7. The standard InChI is InChI=1S/C32H32BrN3O5/c1-5-20(16-34-6-2)19-36(3)30(38)26-27(21-10-8-7-9-11-21)32(22-12-14-23(33)15-13-22)31(39,29(26)37)28-24(40-4)17-35-18-25(28)41-32/h5-18,26-27,29,37,39H,2,19H2,1,3-4H3/b20-5+,34-16?/t26-,27-,29-,31+,32+/m1/s1. The number of aliphatic hydroxyl groups is 2. The molecule has 1 aliphatic heterocycles. The highest BCUT2D eigenvalue weighted by Gasteiger charge is 2.78. The lowest BCUT2D eigenvalue weighted by Crippen LogP contribution is -2.52. The minimum Gasteiger partial charge on any atom is -0.495 e. The number of carbonyl (C=O) groups excluding carboxylic acids is 1. The van der Waals surface area contributed by atoms with E-state index in [2.05, 4.69) is 32.5 Å². The number of pyridine rings is 1. The number of allylic oxidation sites excluding steroid dienone is 1. The van der Waals surface area contributed by atoms with Gasteiger partial charge in [-0.05, 0) is 35.8 Å². The van der Waals surface area contributed by atoms with E-state index in [1.807, 2.05) is 67.6 Å². The van der Waals surface area contributed by atoms with Crippen LogP contribution in [0.2, 0.25) is 0 Å². The number of rotatable bonds is 8. The van der Waals surface area contributed by atoms with E-state index in [0.29, 0.717) is 5.56 Å². The van der Waals surface area contributed by atoms with Crippen molar-refractivity contribution in [1.29, 1.82) is 0 Å². The molecule has 0 spiro atoms. The lowest BCUT2D eigenvalue weighted by Gasteiger charge is -2.41. The minimum absolute atomic E-state index is 0.242. The van der Waals surface area contributed by atoms with Crippen molar-refractivity contribution < 1.29 is 24.5 Å². The molecule has 1 aliphatic carbocycles. The highest BCUT2D eigenvalue weighted by atomic mass is 79.9. The number of fused-ring (bicyclic) bond motifs is 3. The second kappa shape index (κ2) is 11.2. The molecule has 212 valence electrons. The molecule has 5 atom stereocenters. The maximum Gasteiger partial charge on any atom is 0.229 e. The lowest BCUT2D eigenvalue weighted by molar-refractivity contribution is -0.156. The van der Waals surface area contributed by atoms with Gasteiger partial charge < -0.3 is 24.6 Å². The molecule has 9 heteroatoms. The number of benzene rings is 2. The number of hydrogen-bond acceptors (Lipinski definition) is 7. The number of ether oxygens (including phenoxy) is 2. The Morgan fingerprint density at radius 1 is 1.22 bits per heavy atom. The Labute approximate surface area is 247 Å². The molecule has 0 saturated heterocycles. The van der Waals surface area contributed by atoms with Crippen LogP contribution in [-0.2, 0) is 16.0 Å². The predicted octanol–water partition coefficient (Wildman–Crippen LogP) is 4.72. The fourth-order valence-corrected chi connectivity index (χ4v) is 6.59. The van der Waals surface area contributed by atoms with E-state index >= 15 is 0 Å². The number of halogens is 1. The number of amides is 1. The highest BCUT2D eigenvalue weighted by Crippen LogP contribution is 2.69. The number of aliphatic imine (C=N–C) groups is 1. The number of likely N-dealkylation sites (N-methyl/N-ethyl adjacent to an activating group) is 1. The van der Waals surface area contributed by atoms with Crippen molar-refractivity contribution in [2.75, 3.05) is 20.7 Å². The molecule has 2 aliphatic rings. The van der Waals surface area contributed by atoms with Gasteiger partial charge in [0.15, 0.2) is 11.2 Å². The largest absolute Gasteiger partial charge is 0.495 e. The molecule has 5 rings (SSSR count). The second-order valence-corrected chi connectivity index (χ2v) is 11.1. The van der Waals surface area contributed by atoms with Crippen LogP contribution in [0.25, 0.3) is 0 Å². The van der Waals surface area contributed by atoms with E-state index in [-0.39, 0.29) is 29.5 Å². The number of hydrogen-bond donors (Lipinski definition) is 2. The molecule has 2 N–H and O–H groups in total. The molecular formula is C32H32BrN3O5. The number of nitrogens with zero attached hydrogens (tertiary/aromatic N) is 3.